The summed E-state index contributed by atoms with van der Waals surface area (Å²) in [5, 5.41) is 6.18. The molecule has 1 aromatic heterocycles. The molecule has 19 heavy (non-hydrogen) atoms. The van der Waals surface area contributed by atoms with Gasteiger partial charge in [-0.05, 0) is 26.1 Å². The van der Waals surface area contributed by atoms with E-state index in [1.54, 1.807) is 11.3 Å². The van der Waals surface area contributed by atoms with Gasteiger partial charge in [-0.25, -0.2) is 4.98 Å². The minimum atomic E-state index is 0.463. The van der Waals surface area contributed by atoms with Crippen LogP contribution in [0, 0.1) is 0 Å². The Labute approximate surface area is 117 Å². The lowest BCUT2D eigenvalue weighted by molar-refractivity contribution is 0.267. The Bertz CT molecular complexity index is 514. The summed E-state index contributed by atoms with van der Waals surface area (Å²) in [6.45, 7) is 3.84. The number of hydrogen-bond donors (Lipinski definition) is 1. The predicted molar refractivity (Wildman–Crippen MR) is 76.8 cm³/mol. The number of para-hydroxylation sites is 2. The molecule has 2 aromatic rings. The second-order valence-corrected chi connectivity index (χ2v) is 4.87. The molecule has 0 fully saturated rings. The summed E-state index contributed by atoms with van der Waals surface area (Å²) in [6.07, 6.45) is 0. The number of benzene rings is 1. The van der Waals surface area contributed by atoms with Gasteiger partial charge < -0.3 is 14.8 Å². The molecule has 5 heteroatoms. The maximum atomic E-state index is 5.77. The lowest BCUT2D eigenvalue weighted by Gasteiger charge is -2.10. The molecular formula is C14H18N2O2S. The largest absolute Gasteiger partial charge is 0.490 e. The van der Waals surface area contributed by atoms with E-state index >= 15 is 0 Å². The van der Waals surface area contributed by atoms with E-state index < -0.39 is 0 Å². The van der Waals surface area contributed by atoms with Crippen LogP contribution in [0.15, 0.2) is 29.6 Å². The topological polar surface area (TPSA) is 43.4 Å². The van der Waals surface area contributed by atoms with Gasteiger partial charge in [0.05, 0.1) is 12.3 Å². The summed E-state index contributed by atoms with van der Waals surface area (Å²) < 4.78 is 11.3. The van der Waals surface area contributed by atoms with E-state index in [1.165, 1.54) is 0 Å². The van der Waals surface area contributed by atoms with Crippen LogP contribution in [0.3, 0.4) is 0 Å². The third-order valence-corrected chi connectivity index (χ3v) is 3.35. The molecule has 0 spiro atoms. The average molecular weight is 278 g/mol. The van der Waals surface area contributed by atoms with Gasteiger partial charge in [0, 0.05) is 11.9 Å². The summed E-state index contributed by atoms with van der Waals surface area (Å²) in [7, 11) is 1.91. The summed E-state index contributed by atoms with van der Waals surface area (Å²) >= 11 is 1.64. The van der Waals surface area contributed by atoms with Gasteiger partial charge in [0.15, 0.2) is 11.5 Å². The van der Waals surface area contributed by atoms with E-state index in [-0.39, 0.29) is 0 Å². The van der Waals surface area contributed by atoms with Crippen LogP contribution >= 0.6 is 11.3 Å². The summed E-state index contributed by atoms with van der Waals surface area (Å²) in [5.41, 5.74) is 0.946. The highest BCUT2D eigenvalue weighted by atomic mass is 32.1. The van der Waals surface area contributed by atoms with Gasteiger partial charge in [-0.3, -0.25) is 0 Å². The van der Waals surface area contributed by atoms with Gasteiger partial charge in [-0.2, -0.15) is 0 Å². The molecule has 0 unspecified atom stereocenters. The molecule has 1 aromatic carbocycles. The van der Waals surface area contributed by atoms with Crippen molar-refractivity contribution in [3.8, 4) is 11.5 Å². The fourth-order valence-corrected chi connectivity index (χ4v) is 2.43. The van der Waals surface area contributed by atoms with Crippen molar-refractivity contribution in [2.45, 2.75) is 20.1 Å². The molecule has 4 nitrogen and oxygen atoms in total. The van der Waals surface area contributed by atoms with Gasteiger partial charge in [0.1, 0.15) is 11.6 Å². The first-order chi connectivity index (χ1) is 9.33. The zero-order valence-corrected chi connectivity index (χ0v) is 12.0. The highest BCUT2D eigenvalue weighted by molar-refractivity contribution is 7.09. The first-order valence-corrected chi connectivity index (χ1v) is 7.14. The number of nitrogens with one attached hydrogen (secondary N) is 1. The van der Waals surface area contributed by atoms with Crippen molar-refractivity contribution in [1.82, 2.24) is 10.3 Å². The molecule has 1 N–H and O–H groups in total. The number of rotatable bonds is 7. The molecule has 1 heterocycles. The van der Waals surface area contributed by atoms with Crippen LogP contribution in [-0.2, 0) is 13.2 Å². The maximum Gasteiger partial charge on any atom is 0.161 e. The smallest absolute Gasteiger partial charge is 0.161 e. The quantitative estimate of drug-likeness (QED) is 0.846. The van der Waals surface area contributed by atoms with Crippen molar-refractivity contribution in [2.75, 3.05) is 13.7 Å². The molecule has 0 bridgehead atoms. The maximum absolute atomic E-state index is 5.77. The number of ether oxygens (including phenoxy) is 2. The first kappa shape index (κ1) is 13.8. The molecule has 102 valence electrons. The van der Waals surface area contributed by atoms with Crippen LogP contribution < -0.4 is 14.8 Å². The predicted octanol–water partition coefficient (Wildman–Crippen LogP) is 2.84. The Balaban J connectivity index is 1.97. The molecular weight excluding hydrogens is 260 g/mol. The second kappa shape index (κ2) is 7.11. The van der Waals surface area contributed by atoms with Gasteiger partial charge in [0.25, 0.3) is 0 Å². The Morgan fingerprint density at radius 3 is 2.63 bits per heavy atom. The molecule has 0 radical (unpaired) electrons. The van der Waals surface area contributed by atoms with E-state index in [1.807, 2.05) is 43.6 Å². The standard InChI is InChI=1S/C14H18N2O2S/c1-3-17-12-6-4-5-7-13(12)18-9-11-10-19-14(16-11)8-15-2/h4-7,10,15H,3,8-9H2,1-2H3. The van der Waals surface area contributed by atoms with Crippen LogP contribution in [0.5, 0.6) is 11.5 Å². The summed E-state index contributed by atoms with van der Waals surface area (Å²) in [4.78, 5) is 4.48. The van der Waals surface area contributed by atoms with Crippen molar-refractivity contribution < 1.29 is 9.47 Å². The zero-order valence-electron chi connectivity index (χ0n) is 11.2. The van der Waals surface area contributed by atoms with Gasteiger partial charge >= 0.3 is 0 Å². The van der Waals surface area contributed by atoms with Gasteiger partial charge in [0.2, 0.25) is 0 Å². The van der Waals surface area contributed by atoms with Gasteiger partial charge in [-0.1, -0.05) is 12.1 Å². The van der Waals surface area contributed by atoms with Crippen molar-refractivity contribution in [1.29, 1.82) is 0 Å². The molecule has 0 saturated heterocycles. The minimum absolute atomic E-state index is 0.463. The van der Waals surface area contributed by atoms with Crippen LogP contribution in [-0.4, -0.2) is 18.6 Å². The Morgan fingerprint density at radius 1 is 1.21 bits per heavy atom. The molecule has 2 rings (SSSR count). The zero-order chi connectivity index (χ0) is 13.5. The Kier molecular flexibility index (Phi) is 5.18. The number of aromatic nitrogens is 1. The molecule has 0 amide bonds. The molecule has 0 aliphatic rings. The fraction of sp³-hybridized carbons (Fsp3) is 0.357. The van der Waals surface area contributed by atoms with Crippen LogP contribution in [0.4, 0.5) is 0 Å². The highest BCUT2D eigenvalue weighted by Gasteiger charge is 2.06. The third-order valence-electron chi connectivity index (χ3n) is 2.45. The monoisotopic (exact) mass is 278 g/mol. The minimum Gasteiger partial charge on any atom is -0.490 e. The lowest BCUT2D eigenvalue weighted by atomic mass is 10.3. The van der Waals surface area contributed by atoms with Crippen molar-refractivity contribution >= 4 is 11.3 Å². The van der Waals surface area contributed by atoms with Gasteiger partial charge in [-0.15, -0.1) is 11.3 Å². The van der Waals surface area contributed by atoms with E-state index in [0.717, 1.165) is 28.7 Å². The van der Waals surface area contributed by atoms with E-state index in [9.17, 15) is 0 Å². The third kappa shape index (κ3) is 3.94. The highest BCUT2D eigenvalue weighted by Crippen LogP contribution is 2.27. The Hall–Kier alpha value is -1.59. The number of hydrogen-bond acceptors (Lipinski definition) is 5. The van der Waals surface area contributed by atoms with Crippen LogP contribution in [0.1, 0.15) is 17.6 Å². The molecule has 0 aliphatic carbocycles. The van der Waals surface area contributed by atoms with E-state index in [2.05, 4.69) is 10.3 Å². The Morgan fingerprint density at radius 2 is 1.95 bits per heavy atom. The SMILES string of the molecule is CCOc1ccccc1OCc1csc(CNC)n1. The number of thiazole rings is 1. The van der Waals surface area contributed by atoms with Crippen molar-refractivity contribution in [3.05, 3.63) is 40.3 Å². The number of nitrogens with zero attached hydrogens (tertiary/aromatic N) is 1. The molecule has 0 saturated carbocycles. The molecule has 0 atom stereocenters. The first-order valence-electron chi connectivity index (χ1n) is 6.26. The summed E-state index contributed by atoms with van der Waals surface area (Å²) in [5.74, 6) is 1.53. The van der Waals surface area contributed by atoms with Crippen molar-refractivity contribution in [2.24, 2.45) is 0 Å². The van der Waals surface area contributed by atoms with Crippen LogP contribution in [0.2, 0.25) is 0 Å². The normalized spacial score (nSPS) is 10.4. The summed E-state index contributed by atoms with van der Waals surface area (Å²) in [6, 6.07) is 7.69. The molecule has 0 aliphatic heterocycles. The fourth-order valence-electron chi connectivity index (χ4n) is 1.64. The van der Waals surface area contributed by atoms with Crippen LogP contribution in [0.25, 0.3) is 0 Å². The van der Waals surface area contributed by atoms with E-state index in [4.69, 9.17) is 9.47 Å². The lowest BCUT2D eigenvalue weighted by Crippen LogP contribution is -2.05. The average Bonchev–Trinajstić information content (AvgIpc) is 2.86. The van der Waals surface area contributed by atoms with Crippen molar-refractivity contribution in [3.63, 3.8) is 0 Å². The second-order valence-electron chi connectivity index (χ2n) is 3.93. The van der Waals surface area contributed by atoms with E-state index in [0.29, 0.717) is 13.2 Å².